The summed E-state index contributed by atoms with van der Waals surface area (Å²) in [4.78, 5) is 48.3. The number of likely N-dealkylation sites (N-methyl/N-ethyl adjacent to an activating group) is 1. The Kier molecular flexibility index (Phi) is 7.52. The maximum Gasteiger partial charge on any atom is 0.268 e. The molecule has 0 spiro atoms. The van der Waals surface area contributed by atoms with Crippen molar-refractivity contribution < 1.29 is 19.2 Å². The first kappa shape index (κ1) is 20.9. The number of nitrogens with two attached hydrogens (primary N) is 1. The van der Waals surface area contributed by atoms with Crippen molar-refractivity contribution in [2.45, 2.75) is 32.4 Å². The van der Waals surface area contributed by atoms with E-state index in [-0.39, 0.29) is 18.0 Å². The minimum Gasteiger partial charge on any atom is -0.368 e. The van der Waals surface area contributed by atoms with Crippen LogP contribution in [0.15, 0.2) is 42.6 Å². The molecule has 2 atom stereocenters. The molecule has 1 rings (SSSR count). The third kappa shape index (κ3) is 6.04. The molecule has 0 aliphatic carbocycles. The quantitative estimate of drug-likeness (QED) is 0.551. The van der Waals surface area contributed by atoms with Crippen LogP contribution in [0.5, 0.6) is 0 Å². The van der Waals surface area contributed by atoms with Crippen LogP contribution in [-0.4, -0.2) is 47.7 Å². The van der Waals surface area contributed by atoms with Crippen molar-refractivity contribution in [3.63, 3.8) is 0 Å². The van der Waals surface area contributed by atoms with Crippen molar-refractivity contribution in [1.82, 2.24) is 15.5 Å². The first-order chi connectivity index (χ1) is 12.1. The monoisotopic (exact) mass is 360 g/mol. The lowest BCUT2D eigenvalue weighted by Gasteiger charge is -2.24. The largest absolute Gasteiger partial charge is 0.368 e. The fourth-order valence-corrected chi connectivity index (χ4v) is 2.26. The van der Waals surface area contributed by atoms with Crippen LogP contribution in [0.2, 0.25) is 0 Å². The number of hydrogen-bond acceptors (Lipinski definition) is 4. The normalized spacial score (nSPS) is 12.4. The fraction of sp³-hybridized carbons (Fsp3) is 0.333. The highest BCUT2D eigenvalue weighted by Gasteiger charge is 2.26. The third-order valence-electron chi connectivity index (χ3n) is 3.72. The number of primary amides is 1. The van der Waals surface area contributed by atoms with E-state index < -0.39 is 29.8 Å². The van der Waals surface area contributed by atoms with Gasteiger partial charge in [-0.15, -0.1) is 0 Å². The average molecular weight is 360 g/mol. The maximum atomic E-state index is 12.3. The predicted molar refractivity (Wildman–Crippen MR) is 96.5 cm³/mol. The fourth-order valence-electron chi connectivity index (χ4n) is 2.26. The van der Waals surface area contributed by atoms with Crippen LogP contribution in [0, 0.1) is 0 Å². The maximum absolute atomic E-state index is 12.3. The van der Waals surface area contributed by atoms with Crippen LogP contribution in [0.3, 0.4) is 0 Å². The highest BCUT2D eigenvalue weighted by atomic mass is 16.2. The van der Waals surface area contributed by atoms with E-state index in [2.05, 4.69) is 17.2 Å². The Morgan fingerprint density at radius 1 is 1.15 bits per heavy atom. The summed E-state index contributed by atoms with van der Waals surface area (Å²) in [6.07, 6.45) is 0.217. The van der Waals surface area contributed by atoms with Crippen LogP contribution in [-0.2, 0) is 25.6 Å². The smallest absolute Gasteiger partial charge is 0.268 e. The molecular formula is C18H24N4O4. The Hall–Kier alpha value is -3.16. The zero-order valence-electron chi connectivity index (χ0n) is 15.1. The van der Waals surface area contributed by atoms with E-state index >= 15 is 0 Å². The number of nitrogens with one attached hydrogen (secondary N) is 2. The van der Waals surface area contributed by atoms with Gasteiger partial charge in [-0.05, 0) is 12.5 Å². The van der Waals surface area contributed by atoms with Crippen molar-refractivity contribution >= 4 is 23.6 Å². The number of nitrogens with zero attached hydrogens (tertiary/aromatic N) is 1. The molecule has 0 saturated heterocycles. The van der Waals surface area contributed by atoms with Crippen molar-refractivity contribution in [2.75, 3.05) is 7.05 Å². The topological polar surface area (TPSA) is 122 Å². The van der Waals surface area contributed by atoms with Gasteiger partial charge in [-0.25, -0.2) is 0 Å². The van der Waals surface area contributed by atoms with E-state index in [1.54, 1.807) is 0 Å². The summed E-state index contributed by atoms with van der Waals surface area (Å²) in [5, 5.41) is 4.92. The van der Waals surface area contributed by atoms with Gasteiger partial charge in [0.1, 0.15) is 17.8 Å². The summed E-state index contributed by atoms with van der Waals surface area (Å²) >= 11 is 0. The highest BCUT2D eigenvalue weighted by Crippen LogP contribution is 2.06. The van der Waals surface area contributed by atoms with Crippen LogP contribution in [0.25, 0.3) is 0 Å². The van der Waals surface area contributed by atoms with Crippen LogP contribution < -0.4 is 16.4 Å². The summed E-state index contributed by atoms with van der Waals surface area (Å²) in [6, 6.07) is 7.30. The van der Waals surface area contributed by atoms with Gasteiger partial charge in [0.2, 0.25) is 17.7 Å². The molecule has 0 unspecified atom stereocenters. The molecule has 1 aromatic carbocycles. The number of carbonyl (C=O) groups excluding carboxylic acids is 4. The first-order valence-electron chi connectivity index (χ1n) is 8.01. The summed E-state index contributed by atoms with van der Waals surface area (Å²) in [7, 11) is 1.36. The molecule has 0 radical (unpaired) electrons. The zero-order valence-corrected chi connectivity index (χ0v) is 15.1. The summed E-state index contributed by atoms with van der Waals surface area (Å²) in [6.45, 7) is 6.36. The second-order valence-corrected chi connectivity index (χ2v) is 5.88. The first-order valence-corrected chi connectivity index (χ1v) is 8.01. The summed E-state index contributed by atoms with van der Waals surface area (Å²) < 4.78 is 0. The van der Waals surface area contributed by atoms with Crippen LogP contribution in [0.4, 0.5) is 0 Å². The lowest BCUT2D eigenvalue weighted by atomic mass is 10.1. The van der Waals surface area contributed by atoms with E-state index in [1.165, 1.54) is 20.9 Å². The van der Waals surface area contributed by atoms with Crippen molar-refractivity contribution in [3.8, 4) is 0 Å². The molecule has 0 aliphatic rings. The van der Waals surface area contributed by atoms with Gasteiger partial charge < -0.3 is 21.3 Å². The Bertz CT molecular complexity index is 702. The Morgan fingerprint density at radius 2 is 1.73 bits per heavy atom. The van der Waals surface area contributed by atoms with E-state index in [1.807, 2.05) is 30.3 Å². The molecular weight excluding hydrogens is 336 g/mol. The SMILES string of the molecule is C=C(C(=O)N[C@@H](Cc1ccccc1)C(N)=O)N(C)C(=O)[C@H](C)NC(C)=O. The molecule has 4 N–H and O–H groups in total. The number of rotatable bonds is 8. The number of benzene rings is 1. The molecule has 26 heavy (non-hydrogen) atoms. The lowest BCUT2D eigenvalue weighted by Crippen LogP contribution is -2.50. The standard InChI is InChI=1S/C18H24N4O4/c1-11(20-13(3)23)18(26)22(4)12(2)17(25)21-15(16(19)24)10-14-8-6-5-7-9-14/h5-9,11,15H,2,10H2,1,3-4H3,(H2,19,24)(H,20,23)(H,21,25)/t11-,15-/m0/s1. The van der Waals surface area contributed by atoms with Crippen molar-refractivity contribution in [3.05, 3.63) is 48.2 Å². The van der Waals surface area contributed by atoms with Gasteiger partial charge >= 0.3 is 0 Å². The minimum absolute atomic E-state index is 0.161. The van der Waals surface area contributed by atoms with Crippen LogP contribution >= 0.6 is 0 Å². The molecule has 0 fully saturated rings. The Balaban J connectivity index is 2.76. The average Bonchev–Trinajstić information content (AvgIpc) is 2.59. The van der Waals surface area contributed by atoms with E-state index in [9.17, 15) is 19.2 Å². The highest BCUT2D eigenvalue weighted by molar-refractivity contribution is 6.00. The van der Waals surface area contributed by atoms with Gasteiger partial charge in [0.05, 0.1) is 0 Å². The Labute approximate surface area is 152 Å². The van der Waals surface area contributed by atoms with Gasteiger partial charge in [0, 0.05) is 20.4 Å². The predicted octanol–water partition coefficient (Wildman–Crippen LogP) is -0.304. The summed E-state index contributed by atoms with van der Waals surface area (Å²) in [5.41, 5.74) is 6.02. The van der Waals surface area contributed by atoms with E-state index in [0.717, 1.165) is 10.5 Å². The minimum atomic E-state index is -0.946. The van der Waals surface area contributed by atoms with Gasteiger partial charge in [-0.3, -0.25) is 19.2 Å². The second-order valence-electron chi connectivity index (χ2n) is 5.88. The molecule has 140 valence electrons. The molecule has 0 heterocycles. The lowest BCUT2D eigenvalue weighted by molar-refractivity contribution is -0.135. The third-order valence-corrected chi connectivity index (χ3v) is 3.72. The Morgan fingerprint density at radius 3 is 2.23 bits per heavy atom. The number of amides is 4. The van der Waals surface area contributed by atoms with Crippen LogP contribution in [0.1, 0.15) is 19.4 Å². The molecule has 4 amide bonds. The van der Waals surface area contributed by atoms with Gasteiger partial charge in [0.15, 0.2) is 0 Å². The molecule has 0 aromatic heterocycles. The number of carbonyl (C=O) groups is 4. The molecule has 8 heteroatoms. The van der Waals surface area contributed by atoms with Crippen molar-refractivity contribution in [2.24, 2.45) is 5.73 Å². The van der Waals surface area contributed by atoms with E-state index in [0.29, 0.717) is 0 Å². The summed E-state index contributed by atoms with van der Waals surface area (Å²) in [5.74, 6) is -2.28. The molecule has 0 bridgehead atoms. The van der Waals surface area contributed by atoms with Gasteiger partial charge in [-0.1, -0.05) is 36.9 Å². The number of hydrogen-bond donors (Lipinski definition) is 3. The second kappa shape index (κ2) is 9.36. The molecule has 8 nitrogen and oxygen atoms in total. The molecule has 1 aromatic rings. The molecule has 0 saturated carbocycles. The zero-order chi connectivity index (χ0) is 19.9. The van der Waals surface area contributed by atoms with Gasteiger partial charge in [0.25, 0.3) is 5.91 Å². The molecule has 0 aliphatic heterocycles. The van der Waals surface area contributed by atoms with Gasteiger partial charge in [-0.2, -0.15) is 0 Å². The van der Waals surface area contributed by atoms with E-state index in [4.69, 9.17) is 5.73 Å². The van der Waals surface area contributed by atoms with Crippen molar-refractivity contribution in [1.29, 1.82) is 0 Å².